The maximum absolute atomic E-state index is 12.1. The van der Waals surface area contributed by atoms with Crippen molar-refractivity contribution in [1.29, 1.82) is 0 Å². The Hall–Kier alpha value is -1.96. The van der Waals surface area contributed by atoms with Crippen molar-refractivity contribution in [2.45, 2.75) is 51.7 Å². The van der Waals surface area contributed by atoms with Gasteiger partial charge in [-0.15, -0.1) is 5.10 Å². The van der Waals surface area contributed by atoms with E-state index in [0.29, 0.717) is 0 Å². The van der Waals surface area contributed by atoms with Gasteiger partial charge in [-0.3, -0.25) is 15.0 Å². The maximum Gasteiger partial charge on any atom is 0.325 e. The number of hydrogen-bond donors (Lipinski definition) is 2. The number of carboxylic acid groups (broad SMARTS) is 1. The molecule has 2 unspecified atom stereocenters. The van der Waals surface area contributed by atoms with Crippen LogP contribution in [0, 0.1) is 0 Å². The van der Waals surface area contributed by atoms with Crippen LogP contribution < -0.4 is 5.43 Å². The van der Waals surface area contributed by atoms with Gasteiger partial charge in [0.2, 0.25) is 0 Å². The first kappa shape index (κ1) is 14.4. The van der Waals surface area contributed by atoms with Crippen molar-refractivity contribution in [3.05, 3.63) is 11.9 Å². The van der Waals surface area contributed by atoms with Gasteiger partial charge in [-0.2, -0.15) is 0 Å². The van der Waals surface area contributed by atoms with Gasteiger partial charge < -0.3 is 5.11 Å². The van der Waals surface area contributed by atoms with Crippen LogP contribution in [0.3, 0.4) is 0 Å². The highest BCUT2D eigenvalue weighted by Gasteiger charge is 2.27. The van der Waals surface area contributed by atoms with Gasteiger partial charge in [0, 0.05) is 12.1 Å². The normalized spacial score (nSPS) is 23.5. The highest BCUT2D eigenvalue weighted by atomic mass is 16.4. The minimum absolute atomic E-state index is 0.122. The van der Waals surface area contributed by atoms with Crippen molar-refractivity contribution in [2.24, 2.45) is 0 Å². The number of hydrogen-bond acceptors (Lipinski definition) is 5. The summed E-state index contributed by atoms with van der Waals surface area (Å²) in [6, 6.07) is 0.550. The molecule has 20 heavy (non-hydrogen) atoms. The van der Waals surface area contributed by atoms with Crippen LogP contribution >= 0.6 is 0 Å². The van der Waals surface area contributed by atoms with Crippen LogP contribution in [0.2, 0.25) is 0 Å². The number of nitrogens with one attached hydrogen (secondary N) is 1. The number of aliphatic carboxylic acids is 1. The summed E-state index contributed by atoms with van der Waals surface area (Å²) in [5.41, 5.74) is 2.95. The fraction of sp³-hybridized carbons (Fsp3) is 0.667. The summed E-state index contributed by atoms with van der Waals surface area (Å²) >= 11 is 0. The van der Waals surface area contributed by atoms with Crippen LogP contribution in [-0.4, -0.2) is 49.1 Å². The van der Waals surface area contributed by atoms with E-state index < -0.39 is 5.97 Å². The average Bonchev–Trinajstić information content (AvgIpc) is 2.81. The molecule has 1 fully saturated rings. The van der Waals surface area contributed by atoms with Crippen molar-refractivity contribution in [1.82, 2.24) is 25.4 Å². The van der Waals surface area contributed by atoms with Crippen LogP contribution in [0.15, 0.2) is 6.20 Å². The molecule has 2 rings (SSSR count). The molecular weight excluding hydrogens is 262 g/mol. The van der Waals surface area contributed by atoms with Crippen LogP contribution in [0.1, 0.15) is 43.6 Å². The van der Waals surface area contributed by atoms with Gasteiger partial charge in [-0.05, 0) is 26.7 Å². The lowest BCUT2D eigenvalue weighted by Crippen LogP contribution is -2.54. The highest BCUT2D eigenvalue weighted by molar-refractivity contribution is 5.91. The molecule has 2 heterocycles. The largest absolute Gasteiger partial charge is 0.480 e. The van der Waals surface area contributed by atoms with E-state index in [-0.39, 0.29) is 30.2 Å². The third-order valence-electron chi connectivity index (χ3n) is 3.49. The maximum atomic E-state index is 12.1. The Kier molecular flexibility index (Phi) is 4.33. The van der Waals surface area contributed by atoms with Gasteiger partial charge >= 0.3 is 5.97 Å². The molecule has 8 nitrogen and oxygen atoms in total. The van der Waals surface area contributed by atoms with Crippen molar-refractivity contribution in [3.63, 3.8) is 0 Å². The molecule has 0 saturated carbocycles. The molecule has 110 valence electrons. The Morgan fingerprint density at radius 2 is 2.05 bits per heavy atom. The van der Waals surface area contributed by atoms with Gasteiger partial charge in [0.25, 0.3) is 5.91 Å². The Morgan fingerprint density at radius 1 is 1.40 bits per heavy atom. The minimum Gasteiger partial charge on any atom is -0.480 e. The molecule has 0 bridgehead atoms. The second kappa shape index (κ2) is 6.00. The lowest BCUT2D eigenvalue weighted by Gasteiger charge is -2.38. The summed E-state index contributed by atoms with van der Waals surface area (Å²) < 4.78 is 1.13. The summed E-state index contributed by atoms with van der Waals surface area (Å²) in [5, 5.41) is 17.9. The lowest BCUT2D eigenvalue weighted by molar-refractivity contribution is -0.137. The molecule has 2 N–H and O–H groups in total. The highest BCUT2D eigenvalue weighted by Crippen LogP contribution is 2.20. The second-order valence-electron chi connectivity index (χ2n) is 5.17. The Labute approximate surface area is 116 Å². The van der Waals surface area contributed by atoms with Gasteiger partial charge in [0.1, 0.15) is 6.54 Å². The Bertz CT molecular complexity index is 491. The minimum atomic E-state index is -1.03. The monoisotopic (exact) mass is 281 g/mol. The Morgan fingerprint density at radius 3 is 2.65 bits per heavy atom. The molecule has 1 aromatic heterocycles. The van der Waals surface area contributed by atoms with Crippen LogP contribution in [-0.2, 0) is 11.3 Å². The number of amides is 1. The van der Waals surface area contributed by atoms with Crippen LogP contribution in [0.25, 0.3) is 0 Å². The SMILES string of the molecule is CC1CCCC(C)N1NC(=O)c1cn(CC(=O)O)nn1. The first-order chi connectivity index (χ1) is 9.47. The number of carbonyl (C=O) groups is 2. The van der Waals surface area contributed by atoms with Crippen molar-refractivity contribution in [2.75, 3.05) is 0 Å². The molecular formula is C12H19N5O3. The molecule has 0 spiro atoms. The van der Waals surface area contributed by atoms with Gasteiger partial charge in [-0.1, -0.05) is 11.6 Å². The molecule has 1 saturated heterocycles. The summed E-state index contributed by atoms with van der Waals surface area (Å²) in [6.45, 7) is 3.82. The lowest BCUT2D eigenvalue weighted by atomic mass is 10.00. The first-order valence-electron chi connectivity index (χ1n) is 6.68. The van der Waals surface area contributed by atoms with E-state index in [0.717, 1.165) is 23.9 Å². The number of rotatable bonds is 4. The predicted molar refractivity (Wildman–Crippen MR) is 69.7 cm³/mol. The second-order valence-corrected chi connectivity index (χ2v) is 5.17. The third-order valence-corrected chi connectivity index (χ3v) is 3.49. The van der Waals surface area contributed by atoms with E-state index in [1.54, 1.807) is 0 Å². The number of carbonyl (C=O) groups excluding carboxylic acids is 1. The van der Waals surface area contributed by atoms with Gasteiger partial charge in [-0.25, -0.2) is 9.69 Å². The van der Waals surface area contributed by atoms with Crippen LogP contribution in [0.5, 0.6) is 0 Å². The third kappa shape index (κ3) is 3.32. The number of piperidine rings is 1. The van der Waals surface area contributed by atoms with Gasteiger partial charge in [0.05, 0.1) is 6.20 Å². The molecule has 2 atom stereocenters. The van der Waals surface area contributed by atoms with Crippen LogP contribution in [0.4, 0.5) is 0 Å². The van der Waals surface area contributed by atoms with Crippen molar-refractivity contribution in [3.8, 4) is 0 Å². The fourth-order valence-electron chi connectivity index (χ4n) is 2.43. The number of hydrazine groups is 1. The number of carboxylic acids is 1. The van der Waals surface area contributed by atoms with Crippen molar-refractivity contribution >= 4 is 11.9 Å². The van der Waals surface area contributed by atoms with E-state index in [1.165, 1.54) is 6.20 Å². The molecule has 0 aromatic carbocycles. The smallest absolute Gasteiger partial charge is 0.325 e. The average molecular weight is 281 g/mol. The standard InChI is InChI=1S/C12H19N5O3/c1-8-4-3-5-9(2)17(8)14-12(20)10-6-16(15-13-10)7-11(18)19/h6,8-9H,3-5,7H2,1-2H3,(H,14,20)(H,18,19). The first-order valence-corrected chi connectivity index (χ1v) is 6.68. The quantitative estimate of drug-likeness (QED) is 0.821. The fourth-order valence-corrected chi connectivity index (χ4v) is 2.43. The van der Waals surface area contributed by atoms with Crippen molar-refractivity contribution < 1.29 is 14.7 Å². The summed E-state index contributed by atoms with van der Waals surface area (Å²) in [4.78, 5) is 22.6. The van der Waals surface area contributed by atoms with E-state index >= 15 is 0 Å². The molecule has 1 aliphatic heterocycles. The zero-order valence-corrected chi connectivity index (χ0v) is 11.6. The molecule has 1 aliphatic rings. The molecule has 1 aromatic rings. The molecule has 1 amide bonds. The molecule has 8 heteroatoms. The molecule has 0 aliphatic carbocycles. The summed E-state index contributed by atoms with van der Waals surface area (Å²) in [7, 11) is 0. The summed E-state index contributed by atoms with van der Waals surface area (Å²) in [6.07, 6.45) is 4.57. The molecule has 0 radical (unpaired) electrons. The van der Waals surface area contributed by atoms with E-state index in [9.17, 15) is 9.59 Å². The van der Waals surface area contributed by atoms with E-state index in [4.69, 9.17) is 5.11 Å². The Balaban J connectivity index is 2.00. The van der Waals surface area contributed by atoms with E-state index in [1.807, 2.05) is 5.01 Å². The topological polar surface area (TPSA) is 100 Å². The van der Waals surface area contributed by atoms with Gasteiger partial charge in [0.15, 0.2) is 5.69 Å². The predicted octanol–water partition coefficient (Wildman–Crippen LogP) is 0.270. The zero-order valence-electron chi connectivity index (χ0n) is 11.6. The number of nitrogens with zero attached hydrogens (tertiary/aromatic N) is 4. The zero-order chi connectivity index (χ0) is 14.7. The summed E-state index contributed by atoms with van der Waals surface area (Å²) in [5.74, 6) is -1.39. The van der Waals surface area contributed by atoms with E-state index in [2.05, 4.69) is 29.6 Å². The number of aromatic nitrogens is 3.